The van der Waals surface area contributed by atoms with Crippen molar-refractivity contribution in [2.75, 3.05) is 14.1 Å². The van der Waals surface area contributed by atoms with Crippen LogP contribution < -0.4 is 0 Å². The Morgan fingerprint density at radius 1 is 0.816 bits per heavy atom. The lowest BCUT2D eigenvalue weighted by molar-refractivity contribution is 0.401. The zero-order valence-corrected chi connectivity index (χ0v) is 24.5. The molecule has 1 fully saturated rings. The molecule has 0 atom stereocenters. The summed E-state index contributed by atoms with van der Waals surface area (Å²) in [7, 11) is 4.11. The summed E-state index contributed by atoms with van der Waals surface area (Å²) >= 11 is 0. The van der Waals surface area contributed by atoms with Crippen molar-refractivity contribution >= 4 is 11.0 Å². The van der Waals surface area contributed by atoms with Crippen LogP contribution in [0.5, 0.6) is 0 Å². The first-order valence-electron chi connectivity index (χ1n) is 14.0. The van der Waals surface area contributed by atoms with Gasteiger partial charge in [-0.15, -0.1) is 0 Å². The van der Waals surface area contributed by atoms with Crippen molar-refractivity contribution in [3.63, 3.8) is 0 Å². The lowest BCUT2D eigenvalue weighted by Crippen LogP contribution is -2.09. The minimum atomic E-state index is 0.672. The van der Waals surface area contributed by atoms with Crippen LogP contribution in [0.15, 0.2) is 114 Å². The maximum Gasteiger partial charge on any atom is 0.134 e. The molecule has 0 spiro atoms. The van der Waals surface area contributed by atoms with Crippen LogP contribution in [0.3, 0.4) is 0 Å². The summed E-state index contributed by atoms with van der Waals surface area (Å²) in [4.78, 5) is 2.14. The van der Waals surface area contributed by atoms with Crippen LogP contribution in [0.1, 0.15) is 64.5 Å². The summed E-state index contributed by atoms with van der Waals surface area (Å²) < 4.78 is 5.42. The lowest BCUT2D eigenvalue weighted by Gasteiger charge is -2.06. The molecule has 0 unspecified atom stereocenters. The summed E-state index contributed by atoms with van der Waals surface area (Å²) in [6.07, 6.45) is 12.9. The average molecular weight is 510 g/mol. The third kappa shape index (κ3) is 10.9. The molecule has 1 saturated carbocycles. The normalized spacial score (nSPS) is 12.7. The molecule has 0 saturated heterocycles. The minimum Gasteiger partial charge on any atom is -0.464 e. The predicted molar refractivity (Wildman–Crippen MR) is 168 cm³/mol. The van der Waals surface area contributed by atoms with E-state index >= 15 is 0 Å². The molecule has 0 amide bonds. The fraction of sp³-hybridized carbons (Fsp3) is 0.333. The van der Waals surface area contributed by atoms with Crippen molar-refractivity contribution in [2.24, 2.45) is 5.92 Å². The molecule has 2 heteroatoms. The SMILES string of the molecule is C/C=C\C=C/C(C)C.CC.CN(C)Cc1coc2ccccc12.c1ccc(-c2ccc(C3CC3)cc2)cc1. The van der Waals surface area contributed by atoms with Gasteiger partial charge in [0.15, 0.2) is 0 Å². The van der Waals surface area contributed by atoms with Crippen molar-refractivity contribution in [3.8, 4) is 11.1 Å². The molecule has 1 aromatic heterocycles. The standard InChI is InChI=1S/C15H14.C11H13NO.C8H14.C2H6/c1-2-4-12(5-3-1)13-6-8-14(9-7-13)15-10-11-15;1-12(2)7-9-8-13-11-6-4-3-5-10(9)11;1-4-5-6-7-8(2)3;1-2/h1-9,15H,10-11H2;3-6,8H,7H2,1-2H3;4-8H,1-3H3;1-2H3/b;;5-4-,7-6-;. The van der Waals surface area contributed by atoms with Gasteiger partial charge in [0.1, 0.15) is 5.58 Å². The van der Waals surface area contributed by atoms with Gasteiger partial charge in [0.05, 0.1) is 6.26 Å². The molecule has 0 N–H and O–H groups in total. The zero-order valence-electron chi connectivity index (χ0n) is 24.5. The van der Waals surface area contributed by atoms with Crippen molar-refractivity contribution in [3.05, 3.63) is 121 Å². The number of rotatable bonds is 6. The molecule has 1 heterocycles. The highest BCUT2D eigenvalue weighted by Crippen LogP contribution is 2.40. The highest BCUT2D eigenvalue weighted by atomic mass is 16.3. The van der Waals surface area contributed by atoms with Gasteiger partial charge in [0, 0.05) is 17.5 Å². The van der Waals surface area contributed by atoms with E-state index < -0.39 is 0 Å². The van der Waals surface area contributed by atoms with Crippen molar-refractivity contribution < 1.29 is 4.42 Å². The van der Waals surface area contributed by atoms with Gasteiger partial charge in [-0.2, -0.15) is 0 Å². The summed E-state index contributed by atoms with van der Waals surface area (Å²) in [5.41, 5.74) is 6.36. The number of hydrogen-bond donors (Lipinski definition) is 0. The first-order chi connectivity index (χ1) is 18.5. The molecule has 1 aliphatic carbocycles. The second kappa shape index (κ2) is 17.2. The fourth-order valence-corrected chi connectivity index (χ4v) is 3.89. The quantitative estimate of drug-likeness (QED) is 0.240. The van der Waals surface area contributed by atoms with Gasteiger partial charge in [-0.25, -0.2) is 0 Å². The molecule has 1 aliphatic rings. The first-order valence-corrected chi connectivity index (χ1v) is 14.0. The predicted octanol–water partition coefficient (Wildman–Crippen LogP) is 10.5. The number of furan rings is 1. The molecule has 0 radical (unpaired) electrons. The molecule has 5 rings (SSSR count). The van der Waals surface area contributed by atoms with Crippen LogP contribution in [0.2, 0.25) is 0 Å². The number of nitrogens with zero attached hydrogens (tertiary/aromatic N) is 1. The third-order valence-corrected chi connectivity index (χ3v) is 5.91. The molecule has 202 valence electrons. The highest BCUT2D eigenvalue weighted by molar-refractivity contribution is 5.80. The Labute approximate surface area is 231 Å². The van der Waals surface area contributed by atoms with E-state index in [-0.39, 0.29) is 0 Å². The highest BCUT2D eigenvalue weighted by Gasteiger charge is 2.22. The van der Waals surface area contributed by atoms with Gasteiger partial charge in [-0.3, -0.25) is 0 Å². The molecule has 0 bridgehead atoms. The van der Waals surface area contributed by atoms with E-state index in [1.807, 2.05) is 57.4 Å². The van der Waals surface area contributed by atoms with Gasteiger partial charge in [0.2, 0.25) is 0 Å². The number of para-hydroxylation sites is 1. The van der Waals surface area contributed by atoms with Crippen molar-refractivity contribution in [1.82, 2.24) is 4.90 Å². The Morgan fingerprint density at radius 3 is 2.00 bits per heavy atom. The van der Waals surface area contributed by atoms with Crippen LogP contribution in [0.25, 0.3) is 22.1 Å². The van der Waals surface area contributed by atoms with Crippen LogP contribution in [-0.4, -0.2) is 19.0 Å². The molecule has 38 heavy (non-hydrogen) atoms. The monoisotopic (exact) mass is 509 g/mol. The maximum absolute atomic E-state index is 5.42. The number of hydrogen-bond acceptors (Lipinski definition) is 2. The van der Waals surface area contributed by atoms with E-state index in [1.54, 1.807) is 0 Å². The van der Waals surface area contributed by atoms with E-state index in [2.05, 4.69) is 106 Å². The van der Waals surface area contributed by atoms with Crippen LogP contribution in [0.4, 0.5) is 0 Å². The topological polar surface area (TPSA) is 16.4 Å². The van der Waals surface area contributed by atoms with E-state index in [0.29, 0.717) is 5.92 Å². The summed E-state index contributed by atoms with van der Waals surface area (Å²) in [6.45, 7) is 11.3. The van der Waals surface area contributed by atoms with Gasteiger partial charge in [-0.1, -0.05) is 125 Å². The Kier molecular flexibility index (Phi) is 14.0. The van der Waals surface area contributed by atoms with E-state index in [4.69, 9.17) is 4.42 Å². The van der Waals surface area contributed by atoms with E-state index in [0.717, 1.165) is 18.0 Å². The zero-order chi connectivity index (χ0) is 27.8. The smallest absolute Gasteiger partial charge is 0.134 e. The third-order valence-electron chi connectivity index (χ3n) is 5.91. The Bertz CT molecular complexity index is 1210. The van der Waals surface area contributed by atoms with Crippen LogP contribution in [-0.2, 0) is 6.54 Å². The Hall–Kier alpha value is -3.36. The number of fused-ring (bicyclic) bond motifs is 1. The van der Waals surface area contributed by atoms with Gasteiger partial charge in [-0.05, 0) is 68.5 Å². The van der Waals surface area contributed by atoms with Gasteiger partial charge < -0.3 is 9.32 Å². The number of benzene rings is 3. The largest absolute Gasteiger partial charge is 0.464 e. The average Bonchev–Trinajstić information content (AvgIpc) is 3.72. The van der Waals surface area contributed by atoms with Crippen molar-refractivity contribution in [2.45, 2.75) is 59.9 Å². The summed E-state index contributed by atoms with van der Waals surface area (Å²) in [5.74, 6) is 1.53. The Morgan fingerprint density at radius 2 is 1.42 bits per heavy atom. The van der Waals surface area contributed by atoms with E-state index in [9.17, 15) is 0 Å². The number of allylic oxidation sites excluding steroid dienone is 4. The molecular formula is C36H47NO. The summed E-state index contributed by atoms with van der Waals surface area (Å²) in [6, 6.07) is 27.7. The second-order valence-electron chi connectivity index (χ2n) is 9.91. The van der Waals surface area contributed by atoms with Crippen LogP contribution >= 0.6 is 0 Å². The van der Waals surface area contributed by atoms with Crippen LogP contribution in [0, 0.1) is 5.92 Å². The second-order valence-corrected chi connectivity index (χ2v) is 9.91. The molecule has 3 aromatic carbocycles. The molecule has 4 aromatic rings. The van der Waals surface area contributed by atoms with Crippen molar-refractivity contribution in [1.29, 1.82) is 0 Å². The Balaban J connectivity index is 0.000000203. The fourth-order valence-electron chi connectivity index (χ4n) is 3.89. The summed E-state index contributed by atoms with van der Waals surface area (Å²) in [5, 5.41) is 1.22. The van der Waals surface area contributed by atoms with Gasteiger partial charge >= 0.3 is 0 Å². The molecule has 2 nitrogen and oxygen atoms in total. The van der Waals surface area contributed by atoms with E-state index in [1.165, 1.54) is 40.5 Å². The first kappa shape index (κ1) is 30.9. The minimum absolute atomic E-state index is 0.672. The molecular weight excluding hydrogens is 462 g/mol. The maximum atomic E-state index is 5.42. The van der Waals surface area contributed by atoms with Gasteiger partial charge in [0.25, 0.3) is 0 Å². The lowest BCUT2D eigenvalue weighted by atomic mass is 10.0. The molecule has 0 aliphatic heterocycles.